The number of carbonyl (C=O) groups is 2. The molecule has 1 N–H and O–H groups in total. The molecule has 2 rings (SSSR count). The topological polar surface area (TPSA) is 55.4 Å². The summed E-state index contributed by atoms with van der Waals surface area (Å²) in [6.45, 7) is 0. The van der Waals surface area contributed by atoms with Gasteiger partial charge in [0.25, 0.3) is 5.91 Å². The first-order valence-corrected chi connectivity index (χ1v) is 6.76. The van der Waals surface area contributed by atoms with Crippen molar-refractivity contribution in [2.45, 2.75) is 0 Å². The smallest absolute Gasteiger partial charge is 0.335 e. The molecule has 0 heterocycles. The van der Waals surface area contributed by atoms with E-state index >= 15 is 0 Å². The molecular weight excluding hydrogens is 346 g/mol. The van der Waals surface area contributed by atoms with E-state index in [-0.39, 0.29) is 10.6 Å². The minimum absolute atomic E-state index is 0.210. The Labute approximate surface area is 128 Å². The second kappa shape index (κ2) is 6.54. The lowest BCUT2D eigenvalue weighted by atomic mass is 10.2. The highest BCUT2D eigenvalue weighted by atomic mass is 79.9. The normalized spacial score (nSPS) is 9.90. The molecule has 6 heteroatoms. The van der Waals surface area contributed by atoms with Crippen LogP contribution in [0.4, 0.5) is 0 Å². The van der Waals surface area contributed by atoms with E-state index in [9.17, 15) is 9.59 Å². The molecule has 0 aromatic heterocycles. The van der Waals surface area contributed by atoms with Gasteiger partial charge in [0.05, 0.1) is 16.1 Å². The molecule has 0 bridgehead atoms. The maximum absolute atomic E-state index is 11.9. The lowest BCUT2D eigenvalue weighted by Gasteiger charge is -2.07. The molecule has 0 saturated carbocycles. The Hall–Kier alpha value is -1.85. The van der Waals surface area contributed by atoms with Gasteiger partial charge in [-0.25, -0.2) is 4.79 Å². The van der Waals surface area contributed by atoms with Crippen LogP contribution in [0.5, 0.6) is 0 Å². The molecule has 0 radical (unpaired) electrons. The molecule has 0 fully saturated rings. The van der Waals surface area contributed by atoms with Gasteiger partial charge in [-0.15, -0.1) is 0 Å². The fourth-order valence-electron chi connectivity index (χ4n) is 1.45. The summed E-state index contributed by atoms with van der Waals surface area (Å²) in [5.41, 5.74) is 2.62. The summed E-state index contributed by atoms with van der Waals surface area (Å²) in [6, 6.07) is 13.1. The fraction of sp³-hybridized carbons (Fsp3) is 0. The molecule has 0 saturated heterocycles. The van der Waals surface area contributed by atoms with Crippen LogP contribution in [0.15, 0.2) is 53.0 Å². The number of amides is 1. The summed E-state index contributed by atoms with van der Waals surface area (Å²) < 4.78 is 0.696. The molecular formula is C14H9BrClNO3. The first-order chi connectivity index (χ1) is 9.58. The van der Waals surface area contributed by atoms with Crippen molar-refractivity contribution in [3.05, 3.63) is 69.2 Å². The Morgan fingerprint density at radius 2 is 1.80 bits per heavy atom. The zero-order chi connectivity index (χ0) is 14.5. The Balaban J connectivity index is 2.02. The predicted molar refractivity (Wildman–Crippen MR) is 78.5 cm³/mol. The molecule has 20 heavy (non-hydrogen) atoms. The highest BCUT2D eigenvalue weighted by molar-refractivity contribution is 9.10. The quantitative estimate of drug-likeness (QED) is 0.838. The van der Waals surface area contributed by atoms with Crippen LogP contribution in [0.2, 0.25) is 5.02 Å². The average Bonchev–Trinajstić information content (AvgIpc) is 2.47. The SMILES string of the molecule is O=C(ONC(=O)c1cc(Br)ccc1Cl)c1ccccc1. The van der Waals surface area contributed by atoms with E-state index in [0.29, 0.717) is 10.0 Å². The third-order valence-corrected chi connectivity index (χ3v) is 3.24. The van der Waals surface area contributed by atoms with Gasteiger partial charge >= 0.3 is 5.97 Å². The molecule has 0 atom stereocenters. The zero-order valence-corrected chi connectivity index (χ0v) is 12.4. The minimum atomic E-state index is -0.648. The number of hydrogen-bond donors (Lipinski definition) is 1. The first-order valence-electron chi connectivity index (χ1n) is 5.59. The summed E-state index contributed by atoms with van der Waals surface area (Å²) >= 11 is 9.14. The monoisotopic (exact) mass is 353 g/mol. The maximum Gasteiger partial charge on any atom is 0.362 e. The van der Waals surface area contributed by atoms with Crippen LogP contribution in [-0.4, -0.2) is 11.9 Å². The number of carbonyl (C=O) groups excluding carboxylic acids is 2. The van der Waals surface area contributed by atoms with E-state index < -0.39 is 11.9 Å². The largest absolute Gasteiger partial charge is 0.362 e. The highest BCUT2D eigenvalue weighted by Gasteiger charge is 2.14. The van der Waals surface area contributed by atoms with Gasteiger partial charge in [-0.05, 0) is 30.3 Å². The van der Waals surface area contributed by atoms with Crippen molar-refractivity contribution in [1.29, 1.82) is 0 Å². The van der Waals surface area contributed by atoms with Gasteiger partial charge < -0.3 is 4.84 Å². The Kier molecular flexibility index (Phi) is 4.76. The van der Waals surface area contributed by atoms with Crippen molar-refractivity contribution in [1.82, 2.24) is 5.48 Å². The predicted octanol–water partition coefficient (Wildman–Crippen LogP) is 3.60. The van der Waals surface area contributed by atoms with Crippen molar-refractivity contribution in [3.8, 4) is 0 Å². The third-order valence-electron chi connectivity index (χ3n) is 2.42. The summed E-state index contributed by atoms with van der Waals surface area (Å²) in [6.07, 6.45) is 0. The Bertz CT molecular complexity index is 646. The molecule has 0 aliphatic heterocycles. The van der Waals surface area contributed by atoms with E-state index in [4.69, 9.17) is 16.4 Å². The molecule has 4 nitrogen and oxygen atoms in total. The maximum atomic E-state index is 11.9. The molecule has 2 aromatic rings. The van der Waals surface area contributed by atoms with Gasteiger partial charge in [-0.3, -0.25) is 4.79 Å². The van der Waals surface area contributed by atoms with Gasteiger partial charge in [0.15, 0.2) is 0 Å². The fourth-order valence-corrected chi connectivity index (χ4v) is 2.02. The standard InChI is InChI=1S/C14H9BrClNO3/c15-10-6-7-12(16)11(8-10)13(18)17-20-14(19)9-4-2-1-3-5-9/h1-8H,(H,17,18). The summed E-state index contributed by atoms with van der Waals surface area (Å²) in [4.78, 5) is 28.2. The summed E-state index contributed by atoms with van der Waals surface area (Å²) in [5.74, 6) is -1.24. The molecule has 0 spiro atoms. The van der Waals surface area contributed by atoms with E-state index in [0.717, 1.165) is 0 Å². The van der Waals surface area contributed by atoms with Crippen LogP contribution in [0.25, 0.3) is 0 Å². The number of benzene rings is 2. The summed E-state index contributed by atoms with van der Waals surface area (Å²) in [5, 5.41) is 0.265. The molecule has 0 aliphatic rings. The van der Waals surface area contributed by atoms with Crippen LogP contribution in [0.3, 0.4) is 0 Å². The average molecular weight is 355 g/mol. The Morgan fingerprint density at radius 3 is 2.50 bits per heavy atom. The summed E-state index contributed by atoms with van der Waals surface area (Å²) in [7, 11) is 0. The molecule has 102 valence electrons. The van der Waals surface area contributed by atoms with Crippen LogP contribution in [0.1, 0.15) is 20.7 Å². The van der Waals surface area contributed by atoms with E-state index in [1.165, 1.54) is 6.07 Å². The third kappa shape index (κ3) is 3.59. The van der Waals surface area contributed by atoms with Gasteiger partial charge in [-0.1, -0.05) is 45.7 Å². The number of rotatable bonds is 2. The second-order valence-corrected chi connectivity index (χ2v) is 5.13. The zero-order valence-electron chi connectivity index (χ0n) is 10.1. The first kappa shape index (κ1) is 14.6. The highest BCUT2D eigenvalue weighted by Crippen LogP contribution is 2.20. The van der Waals surface area contributed by atoms with E-state index in [2.05, 4.69) is 21.4 Å². The molecule has 2 aromatic carbocycles. The lowest BCUT2D eigenvalue weighted by Crippen LogP contribution is -2.27. The Morgan fingerprint density at radius 1 is 1.10 bits per heavy atom. The van der Waals surface area contributed by atoms with Gasteiger partial charge in [-0.2, -0.15) is 5.48 Å². The molecule has 0 aliphatic carbocycles. The van der Waals surface area contributed by atoms with Crippen LogP contribution in [-0.2, 0) is 4.84 Å². The lowest BCUT2D eigenvalue weighted by molar-refractivity contribution is 0.0230. The van der Waals surface area contributed by atoms with Crippen molar-refractivity contribution < 1.29 is 14.4 Å². The van der Waals surface area contributed by atoms with Crippen molar-refractivity contribution in [3.63, 3.8) is 0 Å². The van der Waals surface area contributed by atoms with E-state index in [1.54, 1.807) is 42.5 Å². The number of nitrogens with one attached hydrogen (secondary N) is 1. The number of hydrogen-bond acceptors (Lipinski definition) is 3. The van der Waals surface area contributed by atoms with Crippen molar-refractivity contribution in [2.24, 2.45) is 0 Å². The molecule has 1 amide bonds. The van der Waals surface area contributed by atoms with Crippen LogP contribution < -0.4 is 5.48 Å². The van der Waals surface area contributed by atoms with Gasteiger partial charge in [0.2, 0.25) is 0 Å². The van der Waals surface area contributed by atoms with Crippen molar-refractivity contribution >= 4 is 39.4 Å². The van der Waals surface area contributed by atoms with Crippen LogP contribution in [0, 0.1) is 0 Å². The molecule has 0 unspecified atom stereocenters. The van der Waals surface area contributed by atoms with E-state index in [1.807, 2.05) is 0 Å². The van der Waals surface area contributed by atoms with Crippen LogP contribution >= 0.6 is 27.5 Å². The van der Waals surface area contributed by atoms with Gasteiger partial charge in [0.1, 0.15) is 0 Å². The number of hydroxylamine groups is 1. The number of halogens is 2. The van der Waals surface area contributed by atoms with Gasteiger partial charge in [0, 0.05) is 4.47 Å². The minimum Gasteiger partial charge on any atom is -0.335 e. The van der Waals surface area contributed by atoms with Crippen molar-refractivity contribution in [2.75, 3.05) is 0 Å². The second-order valence-electron chi connectivity index (χ2n) is 3.81.